The van der Waals surface area contributed by atoms with Crippen LogP contribution in [0.25, 0.3) is 0 Å². The Balaban J connectivity index is 2.31. The van der Waals surface area contributed by atoms with E-state index in [1.165, 1.54) is 12.3 Å². The van der Waals surface area contributed by atoms with Crippen molar-refractivity contribution in [3.63, 3.8) is 0 Å². The van der Waals surface area contributed by atoms with Crippen LogP contribution in [0, 0.1) is 6.92 Å². The van der Waals surface area contributed by atoms with E-state index in [0.717, 1.165) is 10.0 Å². The van der Waals surface area contributed by atoms with Gasteiger partial charge in [0, 0.05) is 10.7 Å². The van der Waals surface area contributed by atoms with E-state index in [0.29, 0.717) is 5.75 Å². The molecule has 98 valence electrons. The second kappa shape index (κ2) is 5.59. The van der Waals surface area contributed by atoms with Gasteiger partial charge in [-0.3, -0.25) is 0 Å². The van der Waals surface area contributed by atoms with Crippen molar-refractivity contribution in [1.82, 2.24) is 4.98 Å². The molecule has 0 radical (unpaired) electrons. The highest BCUT2D eigenvalue weighted by molar-refractivity contribution is 9.10. The zero-order valence-electron chi connectivity index (χ0n) is 9.85. The summed E-state index contributed by atoms with van der Waals surface area (Å²) < 4.78 is 6.52. The number of pyridine rings is 1. The molecule has 0 spiro atoms. The lowest BCUT2D eigenvalue weighted by atomic mass is 10.2. The second-order valence-corrected chi connectivity index (χ2v) is 5.15. The lowest BCUT2D eigenvalue weighted by Gasteiger charge is -2.09. The van der Waals surface area contributed by atoms with E-state index in [1.807, 2.05) is 19.1 Å². The fourth-order valence-corrected chi connectivity index (χ4v) is 2.13. The summed E-state index contributed by atoms with van der Waals surface area (Å²) in [5.41, 5.74) is 0.930. The van der Waals surface area contributed by atoms with Crippen LogP contribution in [0.2, 0.25) is 5.02 Å². The molecule has 0 saturated carbocycles. The Bertz CT molecular complexity index is 646. The quantitative estimate of drug-likeness (QED) is 0.903. The van der Waals surface area contributed by atoms with Gasteiger partial charge in [0.2, 0.25) is 5.88 Å². The van der Waals surface area contributed by atoms with Crippen molar-refractivity contribution in [2.45, 2.75) is 6.92 Å². The molecular weight excluding hydrogens is 334 g/mol. The molecule has 1 aromatic heterocycles. The molecule has 0 aliphatic heterocycles. The van der Waals surface area contributed by atoms with Gasteiger partial charge in [0.05, 0.1) is 5.56 Å². The van der Waals surface area contributed by atoms with E-state index in [2.05, 4.69) is 20.9 Å². The molecule has 1 N–H and O–H groups in total. The summed E-state index contributed by atoms with van der Waals surface area (Å²) in [7, 11) is 0. The van der Waals surface area contributed by atoms with Crippen molar-refractivity contribution in [1.29, 1.82) is 0 Å². The van der Waals surface area contributed by atoms with Crippen molar-refractivity contribution in [2.75, 3.05) is 0 Å². The van der Waals surface area contributed by atoms with Crippen molar-refractivity contribution in [3.8, 4) is 11.6 Å². The van der Waals surface area contributed by atoms with E-state index < -0.39 is 5.97 Å². The van der Waals surface area contributed by atoms with E-state index in [4.69, 9.17) is 21.4 Å². The molecule has 19 heavy (non-hydrogen) atoms. The van der Waals surface area contributed by atoms with Gasteiger partial charge in [-0.15, -0.1) is 0 Å². The molecule has 2 rings (SSSR count). The maximum Gasteiger partial charge on any atom is 0.337 e. The van der Waals surface area contributed by atoms with Crippen LogP contribution in [0.4, 0.5) is 0 Å². The van der Waals surface area contributed by atoms with Crippen molar-refractivity contribution < 1.29 is 14.6 Å². The number of benzene rings is 1. The fraction of sp³-hybridized carbons (Fsp3) is 0.0769. The third kappa shape index (κ3) is 3.24. The molecule has 0 aliphatic rings. The number of hydrogen-bond acceptors (Lipinski definition) is 3. The van der Waals surface area contributed by atoms with Crippen LogP contribution in [0.5, 0.6) is 11.6 Å². The number of ether oxygens (including phenoxy) is 1. The molecule has 0 unspecified atom stereocenters. The average Bonchev–Trinajstić information content (AvgIpc) is 2.34. The predicted molar refractivity (Wildman–Crippen MR) is 75.2 cm³/mol. The first-order chi connectivity index (χ1) is 8.97. The Labute approximate surface area is 123 Å². The zero-order valence-corrected chi connectivity index (χ0v) is 12.2. The molecule has 6 heteroatoms. The Morgan fingerprint density at radius 3 is 2.74 bits per heavy atom. The van der Waals surface area contributed by atoms with Crippen LogP contribution in [0.15, 0.2) is 34.9 Å². The Morgan fingerprint density at radius 2 is 2.16 bits per heavy atom. The van der Waals surface area contributed by atoms with Crippen LogP contribution in [0.3, 0.4) is 0 Å². The minimum Gasteiger partial charge on any atom is -0.478 e. The van der Waals surface area contributed by atoms with Gasteiger partial charge in [-0.1, -0.05) is 27.5 Å². The van der Waals surface area contributed by atoms with Gasteiger partial charge in [0.1, 0.15) is 10.8 Å². The zero-order chi connectivity index (χ0) is 14.0. The Hall–Kier alpha value is -1.59. The molecule has 1 aromatic carbocycles. The number of aromatic carboxylic acids is 1. The Morgan fingerprint density at radius 1 is 1.42 bits per heavy atom. The van der Waals surface area contributed by atoms with Crippen molar-refractivity contribution in [3.05, 3.63) is 51.1 Å². The van der Waals surface area contributed by atoms with E-state index in [9.17, 15) is 4.79 Å². The van der Waals surface area contributed by atoms with Gasteiger partial charge in [-0.05, 0) is 36.8 Å². The number of carboxylic acid groups (broad SMARTS) is 1. The van der Waals surface area contributed by atoms with Crippen LogP contribution in [-0.2, 0) is 0 Å². The lowest BCUT2D eigenvalue weighted by molar-refractivity contribution is 0.0696. The number of aryl methyl sites for hydroxylation is 1. The summed E-state index contributed by atoms with van der Waals surface area (Å²) in [6.07, 6.45) is 1.21. The summed E-state index contributed by atoms with van der Waals surface area (Å²) in [4.78, 5) is 14.7. The summed E-state index contributed by atoms with van der Waals surface area (Å²) in [5, 5.41) is 8.97. The van der Waals surface area contributed by atoms with Gasteiger partial charge in [-0.25, -0.2) is 9.78 Å². The molecule has 0 amide bonds. The molecule has 0 saturated heterocycles. The minimum absolute atomic E-state index is 0.0184. The number of carbonyl (C=O) groups is 1. The normalized spacial score (nSPS) is 10.3. The lowest BCUT2D eigenvalue weighted by Crippen LogP contribution is -1.99. The molecule has 1 heterocycles. The largest absolute Gasteiger partial charge is 0.478 e. The Kier molecular flexibility index (Phi) is 4.07. The van der Waals surface area contributed by atoms with Crippen LogP contribution in [-0.4, -0.2) is 16.1 Å². The van der Waals surface area contributed by atoms with E-state index in [-0.39, 0.29) is 16.5 Å². The first-order valence-electron chi connectivity index (χ1n) is 5.30. The number of carboxylic acids is 1. The average molecular weight is 343 g/mol. The standard InChI is InChI=1S/C13H9BrClNO3/c1-7-4-9(14)2-3-11(7)19-12-10(15)5-8(6-16-12)13(17)18/h2-6H,1H3,(H,17,18). The molecule has 2 aromatic rings. The van der Waals surface area contributed by atoms with E-state index in [1.54, 1.807) is 6.07 Å². The summed E-state index contributed by atoms with van der Waals surface area (Å²) in [6.45, 7) is 1.89. The summed E-state index contributed by atoms with van der Waals surface area (Å²) in [6, 6.07) is 6.82. The monoisotopic (exact) mass is 341 g/mol. The first kappa shape index (κ1) is 13.8. The fourth-order valence-electron chi connectivity index (χ4n) is 1.45. The summed E-state index contributed by atoms with van der Waals surface area (Å²) >= 11 is 9.31. The van der Waals surface area contributed by atoms with Gasteiger partial charge < -0.3 is 9.84 Å². The van der Waals surface area contributed by atoms with Gasteiger partial charge in [-0.2, -0.15) is 0 Å². The maximum absolute atomic E-state index is 10.8. The minimum atomic E-state index is -1.08. The van der Waals surface area contributed by atoms with E-state index >= 15 is 0 Å². The second-order valence-electron chi connectivity index (χ2n) is 3.83. The molecule has 0 aliphatic carbocycles. The smallest absolute Gasteiger partial charge is 0.337 e. The van der Waals surface area contributed by atoms with Crippen molar-refractivity contribution >= 4 is 33.5 Å². The topological polar surface area (TPSA) is 59.4 Å². The molecule has 4 nitrogen and oxygen atoms in total. The highest BCUT2D eigenvalue weighted by Crippen LogP contribution is 2.30. The van der Waals surface area contributed by atoms with Crippen LogP contribution in [0.1, 0.15) is 15.9 Å². The highest BCUT2D eigenvalue weighted by atomic mass is 79.9. The first-order valence-corrected chi connectivity index (χ1v) is 6.47. The van der Waals surface area contributed by atoms with Gasteiger partial charge >= 0.3 is 5.97 Å². The number of halogens is 2. The molecule has 0 fully saturated rings. The third-order valence-corrected chi connectivity index (χ3v) is 3.16. The van der Waals surface area contributed by atoms with Gasteiger partial charge in [0.25, 0.3) is 0 Å². The number of aromatic nitrogens is 1. The number of rotatable bonds is 3. The highest BCUT2D eigenvalue weighted by Gasteiger charge is 2.11. The number of nitrogens with zero attached hydrogens (tertiary/aromatic N) is 1. The maximum atomic E-state index is 10.8. The summed E-state index contributed by atoms with van der Waals surface area (Å²) in [5.74, 6) is -0.293. The number of hydrogen-bond donors (Lipinski definition) is 1. The SMILES string of the molecule is Cc1cc(Br)ccc1Oc1ncc(C(=O)O)cc1Cl. The molecule has 0 bridgehead atoms. The third-order valence-electron chi connectivity index (χ3n) is 2.40. The van der Waals surface area contributed by atoms with Crippen LogP contribution >= 0.6 is 27.5 Å². The molecule has 0 atom stereocenters. The van der Waals surface area contributed by atoms with Crippen LogP contribution < -0.4 is 4.74 Å². The predicted octanol–water partition coefficient (Wildman–Crippen LogP) is 4.30. The van der Waals surface area contributed by atoms with Crippen molar-refractivity contribution in [2.24, 2.45) is 0 Å². The van der Waals surface area contributed by atoms with Gasteiger partial charge in [0.15, 0.2) is 0 Å². The molecular formula is C13H9BrClNO3.